The molecule has 0 spiro atoms. The SMILES string of the molecule is Cc1ccc(Cl)cc1NC(=O)c1ccnc(NCCN(C)C)n1. The van der Waals surface area contributed by atoms with E-state index in [1.807, 2.05) is 32.0 Å². The standard InChI is InChI=1S/C16H20ClN5O/c1-11-4-5-12(17)10-14(11)20-15(23)13-6-7-18-16(21-13)19-8-9-22(2)3/h4-7,10H,8-9H2,1-3H3,(H,20,23)(H,18,19,21). The highest BCUT2D eigenvalue weighted by Crippen LogP contribution is 2.20. The molecule has 7 heteroatoms. The van der Waals surface area contributed by atoms with Gasteiger partial charge in [0.1, 0.15) is 5.69 Å². The third-order valence-electron chi connectivity index (χ3n) is 3.18. The summed E-state index contributed by atoms with van der Waals surface area (Å²) in [6.45, 7) is 3.45. The van der Waals surface area contributed by atoms with Gasteiger partial charge in [0.15, 0.2) is 0 Å². The number of hydrogen-bond acceptors (Lipinski definition) is 5. The first-order valence-electron chi connectivity index (χ1n) is 7.25. The second-order valence-corrected chi connectivity index (χ2v) is 5.85. The summed E-state index contributed by atoms with van der Waals surface area (Å²) < 4.78 is 0. The number of benzene rings is 1. The van der Waals surface area contributed by atoms with Crippen molar-refractivity contribution in [3.63, 3.8) is 0 Å². The summed E-state index contributed by atoms with van der Waals surface area (Å²) in [5.74, 6) is 0.135. The number of carbonyl (C=O) groups excluding carboxylic acids is 1. The fraction of sp³-hybridized carbons (Fsp3) is 0.312. The van der Waals surface area contributed by atoms with Crippen molar-refractivity contribution in [2.75, 3.05) is 37.8 Å². The third kappa shape index (κ3) is 5.19. The highest BCUT2D eigenvalue weighted by atomic mass is 35.5. The zero-order chi connectivity index (χ0) is 16.8. The van der Waals surface area contributed by atoms with Crippen molar-refractivity contribution in [1.29, 1.82) is 0 Å². The minimum absolute atomic E-state index is 0.298. The molecule has 0 unspecified atom stereocenters. The molecule has 0 fully saturated rings. The molecule has 23 heavy (non-hydrogen) atoms. The van der Waals surface area contributed by atoms with Crippen LogP contribution in [0.2, 0.25) is 5.02 Å². The van der Waals surface area contributed by atoms with Gasteiger partial charge in [-0.25, -0.2) is 9.97 Å². The summed E-state index contributed by atoms with van der Waals surface area (Å²) >= 11 is 5.96. The number of aromatic nitrogens is 2. The van der Waals surface area contributed by atoms with E-state index in [1.54, 1.807) is 24.4 Å². The van der Waals surface area contributed by atoms with Gasteiger partial charge in [0.25, 0.3) is 5.91 Å². The van der Waals surface area contributed by atoms with Crippen LogP contribution in [0.3, 0.4) is 0 Å². The molecule has 0 aliphatic heterocycles. The van der Waals surface area contributed by atoms with Crippen LogP contribution < -0.4 is 10.6 Å². The first-order chi connectivity index (χ1) is 11.0. The van der Waals surface area contributed by atoms with Gasteiger partial charge < -0.3 is 15.5 Å². The van der Waals surface area contributed by atoms with Gasteiger partial charge in [0.05, 0.1) is 0 Å². The average molecular weight is 334 g/mol. The Morgan fingerprint density at radius 3 is 2.83 bits per heavy atom. The van der Waals surface area contributed by atoms with E-state index in [-0.39, 0.29) is 5.91 Å². The van der Waals surface area contributed by atoms with E-state index in [0.717, 1.165) is 12.1 Å². The lowest BCUT2D eigenvalue weighted by Gasteiger charge is -2.11. The molecule has 1 heterocycles. The van der Waals surface area contributed by atoms with Gasteiger partial charge in [-0.05, 0) is 44.8 Å². The average Bonchev–Trinajstić information content (AvgIpc) is 2.51. The summed E-state index contributed by atoms with van der Waals surface area (Å²) in [5.41, 5.74) is 1.90. The molecular formula is C16H20ClN5O. The van der Waals surface area contributed by atoms with Crippen LogP contribution in [0.5, 0.6) is 0 Å². The number of rotatable bonds is 6. The molecule has 0 atom stereocenters. The zero-order valence-corrected chi connectivity index (χ0v) is 14.2. The molecule has 0 aliphatic carbocycles. The molecule has 122 valence electrons. The maximum atomic E-state index is 12.3. The van der Waals surface area contributed by atoms with Crippen LogP contribution in [0.1, 0.15) is 16.1 Å². The fourth-order valence-electron chi connectivity index (χ4n) is 1.88. The molecule has 6 nitrogen and oxygen atoms in total. The minimum Gasteiger partial charge on any atom is -0.353 e. The molecule has 1 amide bonds. The van der Waals surface area contributed by atoms with Crippen LogP contribution >= 0.6 is 11.6 Å². The van der Waals surface area contributed by atoms with Gasteiger partial charge in [-0.15, -0.1) is 0 Å². The lowest BCUT2D eigenvalue weighted by atomic mass is 10.2. The van der Waals surface area contributed by atoms with Crippen molar-refractivity contribution < 1.29 is 4.79 Å². The maximum absolute atomic E-state index is 12.3. The Hall–Kier alpha value is -2.18. The van der Waals surface area contributed by atoms with Crippen molar-refractivity contribution in [3.8, 4) is 0 Å². The Kier molecular flexibility index (Phi) is 5.90. The molecule has 0 radical (unpaired) electrons. The third-order valence-corrected chi connectivity index (χ3v) is 3.41. The number of carbonyl (C=O) groups is 1. The number of likely N-dealkylation sites (N-methyl/N-ethyl adjacent to an activating group) is 1. The van der Waals surface area contributed by atoms with E-state index in [2.05, 4.69) is 20.6 Å². The Balaban J connectivity index is 2.06. The molecule has 2 N–H and O–H groups in total. The summed E-state index contributed by atoms with van der Waals surface area (Å²) in [6.07, 6.45) is 1.56. The topological polar surface area (TPSA) is 70.2 Å². The normalized spacial score (nSPS) is 10.7. The van der Waals surface area contributed by atoms with E-state index < -0.39 is 0 Å². The van der Waals surface area contributed by atoms with Gasteiger partial charge in [0.2, 0.25) is 5.95 Å². The first kappa shape index (κ1) is 17.2. The maximum Gasteiger partial charge on any atom is 0.274 e. The Bertz CT molecular complexity index is 690. The number of hydrogen-bond donors (Lipinski definition) is 2. The molecule has 0 saturated carbocycles. The van der Waals surface area contributed by atoms with Crippen molar-refractivity contribution in [2.24, 2.45) is 0 Å². The molecule has 1 aromatic heterocycles. The zero-order valence-electron chi connectivity index (χ0n) is 13.4. The van der Waals surface area contributed by atoms with Gasteiger partial charge in [-0.1, -0.05) is 17.7 Å². The number of nitrogens with one attached hydrogen (secondary N) is 2. The van der Waals surface area contributed by atoms with Crippen molar-refractivity contribution in [3.05, 3.63) is 46.7 Å². The van der Waals surface area contributed by atoms with E-state index in [1.165, 1.54) is 0 Å². The van der Waals surface area contributed by atoms with Crippen LogP contribution in [-0.2, 0) is 0 Å². The number of aryl methyl sites for hydroxylation is 1. The molecule has 2 rings (SSSR count). The van der Waals surface area contributed by atoms with Gasteiger partial charge in [-0.3, -0.25) is 4.79 Å². The Morgan fingerprint density at radius 2 is 2.09 bits per heavy atom. The molecular weight excluding hydrogens is 314 g/mol. The van der Waals surface area contributed by atoms with Gasteiger partial charge >= 0.3 is 0 Å². The molecule has 1 aromatic carbocycles. The van der Waals surface area contributed by atoms with Crippen molar-refractivity contribution in [1.82, 2.24) is 14.9 Å². The number of halogens is 1. The summed E-state index contributed by atoms with van der Waals surface area (Å²) in [4.78, 5) is 22.7. The quantitative estimate of drug-likeness (QED) is 0.850. The second-order valence-electron chi connectivity index (χ2n) is 5.41. The van der Waals surface area contributed by atoms with E-state index in [4.69, 9.17) is 11.6 Å². The molecule has 0 aliphatic rings. The summed E-state index contributed by atoms with van der Waals surface area (Å²) in [5, 5.41) is 6.48. The van der Waals surface area contributed by atoms with E-state index >= 15 is 0 Å². The fourth-order valence-corrected chi connectivity index (χ4v) is 2.05. The monoisotopic (exact) mass is 333 g/mol. The molecule has 2 aromatic rings. The molecule has 0 saturated heterocycles. The first-order valence-corrected chi connectivity index (χ1v) is 7.62. The smallest absolute Gasteiger partial charge is 0.274 e. The van der Waals surface area contributed by atoms with Crippen LogP contribution in [0.25, 0.3) is 0 Å². The predicted molar refractivity (Wildman–Crippen MR) is 93.2 cm³/mol. The van der Waals surface area contributed by atoms with Gasteiger partial charge in [0, 0.05) is 30.0 Å². The van der Waals surface area contributed by atoms with Crippen LogP contribution in [-0.4, -0.2) is 48.0 Å². The van der Waals surface area contributed by atoms with Crippen molar-refractivity contribution in [2.45, 2.75) is 6.92 Å². The molecule has 0 bridgehead atoms. The Labute approximate surface area is 140 Å². The highest BCUT2D eigenvalue weighted by molar-refractivity contribution is 6.31. The Morgan fingerprint density at radius 1 is 1.30 bits per heavy atom. The minimum atomic E-state index is -0.298. The lowest BCUT2D eigenvalue weighted by Crippen LogP contribution is -2.22. The van der Waals surface area contributed by atoms with Crippen LogP contribution in [0, 0.1) is 6.92 Å². The number of nitrogens with zero attached hydrogens (tertiary/aromatic N) is 3. The predicted octanol–water partition coefficient (Wildman–Crippen LogP) is 2.66. The largest absolute Gasteiger partial charge is 0.353 e. The summed E-state index contributed by atoms with van der Waals surface area (Å²) in [6, 6.07) is 6.93. The van der Waals surface area contributed by atoms with Crippen LogP contribution in [0.15, 0.2) is 30.5 Å². The summed E-state index contributed by atoms with van der Waals surface area (Å²) in [7, 11) is 3.97. The van der Waals surface area contributed by atoms with Crippen molar-refractivity contribution >= 4 is 29.1 Å². The second kappa shape index (κ2) is 7.89. The number of anilines is 2. The van der Waals surface area contributed by atoms with E-state index in [0.29, 0.717) is 28.9 Å². The van der Waals surface area contributed by atoms with E-state index in [9.17, 15) is 4.79 Å². The highest BCUT2D eigenvalue weighted by Gasteiger charge is 2.11. The lowest BCUT2D eigenvalue weighted by molar-refractivity contribution is 0.102. The number of amides is 1. The van der Waals surface area contributed by atoms with Crippen LogP contribution in [0.4, 0.5) is 11.6 Å². The van der Waals surface area contributed by atoms with Gasteiger partial charge in [-0.2, -0.15) is 0 Å².